The topological polar surface area (TPSA) is 42.7 Å². The van der Waals surface area contributed by atoms with Gasteiger partial charge in [0, 0.05) is 13.6 Å². The molecule has 23 heavy (non-hydrogen) atoms. The van der Waals surface area contributed by atoms with Crippen LogP contribution in [0.5, 0.6) is 5.75 Å². The van der Waals surface area contributed by atoms with Crippen LogP contribution in [0.1, 0.15) is 16.1 Å². The van der Waals surface area contributed by atoms with E-state index in [4.69, 9.17) is 9.15 Å². The van der Waals surface area contributed by atoms with Crippen LogP contribution < -0.4 is 4.74 Å². The molecule has 0 aliphatic carbocycles. The zero-order chi connectivity index (χ0) is 16.4. The molecule has 0 aliphatic heterocycles. The maximum absolute atomic E-state index is 12.2. The van der Waals surface area contributed by atoms with E-state index in [1.54, 1.807) is 31.2 Å². The van der Waals surface area contributed by atoms with Crippen LogP contribution in [0.15, 0.2) is 57.6 Å². The number of carbonyl (C=O) groups is 1. The number of halogens is 1. The van der Waals surface area contributed by atoms with Crippen molar-refractivity contribution >= 4 is 32.6 Å². The molecule has 0 aliphatic rings. The first-order valence-electron chi connectivity index (χ1n) is 7.14. The molecular weight excluding hydrogens is 358 g/mol. The fraction of sp³-hybridized carbons (Fsp3) is 0.167. The van der Waals surface area contributed by atoms with Crippen LogP contribution >= 0.6 is 15.9 Å². The highest BCUT2D eigenvalue weighted by Gasteiger charge is 2.15. The van der Waals surface area contributed by atoms with E-state index in [0.717, 1.165) is 26.6 Å². The van der Waals surface area contributed by atoms with Crippen LogP contribution in [0.2, 0.25) is 0 Å². The lowest BCUT2D eigenvalue weighted by Crippen LogP contribution is -2.25. The zero-order valence-corrected chi connectivity index (χ0v) is 14.5. The number of amides is 1. The van der Waals surface area contributed by atoms with Crippen molar-refractivity contribution in [3.8, 4) is 5.75 Å². The molecule has 0 unspecified atom stereocenters. The number of fused-ring (bicyclic) bond motifs is 1. The fourth-order valence-corrected chi connectivity index (χ4v) is 3.17. The van der Waals surface area contributed by atoms with E-state index in [2.05, 4.69) is 22.0 Å². The quantitative estimate of drug-likeness (QED) is 0.677. The van der Waals surface area contributed by atoms with Gasteiger partial charge in [-0.2, -0.15) is 0 Å². The smallest absolute Gasteiger partial charge is 0.289 e. The van der Waals surface area contributed by atoms with Gasteiger partial charge in [-0.05, 0) is 56.5 Å². The number of hydrogen-bond acceptors (Lipinski definition) is 3. The molecule has 4 nitrogen and oxygen atoms in total. The van der Waals surface area contributed by atoms with Gasteiger partial charge in [-0.1, -0.05) is 18.2 Å². The Labute approximate surface area is 142 Å². The lowest BCUT2D eigenvalue weighted by Gasteiger charge is -2.16. The molecule has 2 aromatic carbocycles. The molecule has 0 fully saturated rings. The van der Waals surface area contributed by atoms with E-state index in [-0.39, 0.29) is 5.91 Å². The number of hydrogen-bond donors (Lipinski definition) is 0. The van der Waals surface area contributed by atoms with Crippen molar-refractivity contribution in [2.45, 2.75) is 6.54 Å². The van der Waals surface area contributed by atoms with E-state index >= 15 is 0 Å². The minimum absolute atomic E-state index is 0.133. The van der Waals surface area contributed by atoms with Gasteiger partial charge in [0.05, 0.1) is 17.8 Å². The maximum atomic E-state index is 12.2. The molecule has 0 spiro atoms. The number of methoxy groups -OCH3 is 1. The van der Waals surface area contributed by atoms with E-state index in [9.17, 15) is 4.79 Å². The van der Waals surface area contributed by atoms with Crippen molar-refractivity contribution in [3.05, 3.63) is 64.5 Å². The molecule has 3 aromatic rings. The lowest BCUT2D eigenvalue weighted by molar-refractivity contribution is 0.0753. The molecule has 0 radical (unpaired) electrons. The van der Waals surface area contributed by atoms with Crippen molar-refractivity contribution < 1.29 is 13.9 Å². The number of carbonyl (C=O) groups excluding carboxylic acids is 1. The Kier molecular flexibility index (Phi) is 4.39. The first kappa shape index (κ1) is 15.6. The van der Waals surface area contributed by atoms with Gasteiger partial charge in [-0.3, -0.25) is 4.79 Å². The average molecular weight is 374 g/mol. The largest absolute Gasteiger partial charge is 0.496 e. The van der Waals surface area contributed by atoms with Crippen LogP contribution in [-0.2, 0) is 6.54 Å². The second kappa shape index (κ2) is 6.46. The van der Waals surface area contributed by atoms with Gasteiger partial charge in [0.2, 0.25) is 0 Å². The number of rotatable bonds is 4. The summed E-state index contributed by atoms with van der Waals surface area (Å²) in [6.07, 6.45) is 1.50. The summed E-state index contributed by atoms with van der Waals surface area (Å²) in [5, 5.41) is 2.17. The molecule has 1 heterocycles. The molecule has 0 saturated carbocycles. The second-order valence-corrected chi connectivity index (χ2v) is 6.07. The predicted octanol–water partition coefficient (Wildman–Crippen LogP) is 4.48. The van der Waals surface area contributed by atoms with E-state index in [1.165, 1.54) is 6.26 Å². The van der Waals surface area contributed by atoms with Crippen molar-refractivity contribution in [1.82, 2.24) is 4.90 Å². The Morgan fingerprint density at radius 3 is 2.78 bits per heavy atom. The first-order valence-corrected chi connectivity index (χ1v) is 7.93. The molecule has 0 bridgehead atoms. The van der Waals surface area contributed by atoms with Gasteiger partial charge >= 0.3 is 0 Å². The number of ether oxygens (including phenoxy) is 1. The van der Waals surface area contributed by atoms with Gasteiger partial charge in [0.25, 0.3) is 5.91 Å². The van der Waals surface area contributed by atoms with Crippen LogP contribution in [0, 0.1) is 0 Å². The number of benzene rings is 2. The summed E-state index contributed by atoms with van der Waals surface area (Å²) in [5.41, 5.74) is 1.05. The summed E-state index contributed by atoms with van der Waals surface area (Å²) in [7, 11) is 3.41. The molecule has 5 heteroatoms. The Morgan fingerprint density at radius 2 is 2.09 bits per heavy atom. The van der Waals surface area contributed by atoms with Gasteiger partial charge in [0.15, 0.2) is 5.76 Å². The minimum atomic E-state index is -0.133. The Balaban J connectivity index is 1.85. The maximum Gasteiger partial charge on any atom is 0.289 e. The molecule has 1 aromatic heterocycles. The van der Waals surface area contributed by atoms with Gasteiger partial charge in [0.1, 0.15) is 5.75 Å². The Hall–Kier alpha value is -2.27. The third-order valence-corrected chi connectivity index (χ3v) is 4.52. The molecule has 0 saturated heterocycles. The molecule has 0 atom stereocenters. The summed E-state index contributed by atoms with van der Waals surface area (Å²) in [5.74, 6) is 1.02. The van der Waals surface area contributed by atoms with E-state index in [0.29, 0.717) is 12.3 Å². The third kappa shape index (κ3) is 3.10. The Morgan fingerprint density at radius 1 is 1.26 bits per heavy atom. The molecule has 3 rings (SSSR count). The normalized spacial score (nSPS) is 10.7. The summed E-state index contributed by atoms with van der Waals surface area (Å²) < 4.78 is 11.4. The van der Waals surface area contributed by atoms with Crippen LogP contribution in [-0.4, -0.2) is 25.0 Å². The van der Waals surface area contributed by atoms with Crippen molar-refractivity contribution in [3.63, 3.8) is 0 Å². The molecule has 0 N–H and O–H groups in total. The highest BCUT2D eigenvalue weighted by Crippen LogP contribution is 2.33. The van der Waals surface area contributed by atoms with E-state index in [1.807, 2.05) is 24.3 Å². The fourth-order valence-electron chi connectivity index (χ4n) is 2.51. The molecule has 1 amide bonds. The van der Waals surface area contributed by atoms with Crippen LogP contribution in [0.25, 0.3) is 10.8 Å². The highest BCUT2D eigenvalue weighted by molar-refractivity contribution is 9.10. The number of nitrogens with zero attached hydrogens (tertiary/aromatic N) is 1. The predicted molar refractivity (Wildman–Crippen MR) is 92.7 cm³/mol. The second-order valence-electron chi connectivity index (χ2n) is 5.28. The van der Waals surface area contributed by atoms with Crippen molar-refractivity contribution in [2.24, 2.45) is 0 Å². The molecule has 118 valence electrons. The zero-order valence-electron chi connectivity index (χ0n) is 12.9. The van der Waals surface area contributed by atoms with Crippen molar-refractivity contribution in [1.29, 1.82) is 0 Å². The first-order chi connectivity index (χ1) is 11.1. The van der Waals surface area contributed by atoms with Crippen LogP contribution in [0.3, 0.4) is 0 Å². The summed E-state index contributed by atoms with van der Waals surface area (Å²) >= 11 is 3.56. The van der Waals surface area contributed by atoms with Gasteiger partial charge in [-0.15, -0.1) is 0 Å². The van der Waals surface area contributed by atoms with Gasteiger partial charge < -0.3 is 14.1 Å². The Bertz CT molecular complexity index is 843. The summed E-state index contributed by atoms with van der Waals surface area (Å²) in [6, 6.07) is 13.4. The van der Waals surface area contributed by atoms with Gasteiger partial charge in [-0.25, -0.2) is 0 Å². The standard InChI is InChI=1S/C18H16BrNO3/c1-20(18(21)16-4-3-9-23-16)11-12-5-7-14-13(10-12)6-8-15(22-2)17(14)19/h3-10H,11H2,1-2H3. The average Bonchev–Trinajstić information content (AvgIpc) is 3.09. The number of furan rings is 1. The highest BCUT2D eigenvalue weighted by atomic mass is 79.9. The van der Waals surface area contributed by atoms with Crippen molar-refractivity contribution in [2.75, 3.05) is 14.2 Å². The summed E-state index contributed by atoms with van der Waals surface area (Å²) in [4.78, 5) is 13.9. The lowest BCUT2D eigenvalue weighted by atomic mass is 10.1. The third-order valence-electron chi connectivity index (χ3n) is 3.70. The monoisotopic (exact) mass is 373 g/mol. The summed E-state index contributed by atoms with van der Waals surface area (Å²) in [6.45, 7) is 0.513. The molecular formula is C18H16BrNO3. The van der Waals surface area contributed by atoms with Crippen LogP contribution in [0.4, 0.5) is 0 Å². The van der Waals surface area contributed by atoms with E-state index < -0.39 is 0 Å². The SMILES string of the molecule is COc1ccc2cc(CN(C)C(=O)c3ccco3)ccc2c1Br. The minimum Gasteiger partial charge on any atom is -0.496 e.